The number of rotatable bonds is 7. The zero-order valence-electron chi connectivity index (χ0n) is 25.4. The molecule has 228 valence electrons. The van der Waals surface area contributed by atoms with E-state index in [2.05, 4.69) is 20.3 Å². The highest BCUT2D eigenvalue weighted by Crippen LogP contribution is 2.01. The summed E-state index contributed by atoms with van der Waals surface area (Å²) < 4.78 is 51.1. The lowest BCUT2D eigenvalue weighted by Crippen LogP contribution is -2.43. The van der Waals surface area contributed by atoms with Crippen LogP contribution in [0.5, 0.6) is 0 Å². The van der Waals surface area contributed by atoms with Crippen molar-refractivity contribution in [2.24, 2.45) is 4.36 Å². The average Bonchev–Trinajstić information content (AvgIpc) is 2.53. The van der Waals surface area contributed by atoms with Crippen LogP contribution in [-0.4, -0.2) is 90.0 Å². The summed E-state index contributed by atoms with van der Waals surface area (Å²) in [5.74, 6) is -0.801. The minimum atomic E-state index is -2.71. The number of carbonyl (C=O) groups is 3. The molecular formula is C23H52N6O6S3. The van der Waals surface area contributed by atoms with Crippen molar-refractivity contribution in [1.82, 2.24) is 16.0 Å². The number of amides is 3. The zero-order valence-corrected chi connectivity index (χ0v) is 27.9. The van der Waals surface area contributed by atoms with E-state index in [9.17, 15) is 27.0 Å². The van der Waals surface area contributed by atoms with E-state index in [1.165, 1.54) is 25.8 Å². The fourth-order valence-electron chi connectivity index (χ4n) is 2.23. The summed E-state index contributed by atoms with van der Waals surface area (Å²) in [6.45, 7) is 16.8. The summed E-state index contributed by atoms with van der Waals surface area (Å²) in [4.78, 5) is 33.5. The molecule has 38 heavy (non-hydrogen) atoms. The van der Waals surface area contributed by atoms with Gasteiger partial charge in [-0.3, -0.25) is 28.2 Å². The van der Waals surface area contributed by atoms with Crippen molar-refractivity contribution in [2.75, 3.05) is 43.1 Å². The Morgan fingerprint density at radius 1 is 0.632 bits per heavy atom. The van der Waals surface area contributed by atoms with Gasteiger partial charge in [-0.1, -0.05) is 0 Å². The first-order chi connectivity index (χ1) is 16.4. The van der Waals surface area contributed by atoms with Crippen molar-refractivity contribution < 1.29 is 27.0 Å². The van der Waals surface area contributed by atoms with Gasteiger partial charge < -0.3 is 16.0 Å². The normalized spacial score (nSPS) is 16.3. The SMILES string of the molecule is CC(C)(C)NC(=O)CCS(C)(=N)=O.CC(C)(C)NC(=O)CS(C)(=N)=O.CN=S(C)(=O)CC(=O)NC(C)(C)C. The monoisotopic (exact) mass is 604 g/mol. The van der Waals surface area contributed by atoms with E-state index in [1.54, 1.807) is 0 Å². The van der Waals surface area contributed by atoms with Gasteiger partial charge in [0, 0.05) is 64.3 Å². The van der Waals surface area contributed by atoms with E-state index < -0.39 is 29.2 Å². The lowest BCUT2D eigenvalue weighted by molar-refractivity contribution is -0.122. The Morgan fingerprint density at radius 3 is 1.21 bits per heavy atom. The van der Waals surface area contributed by atoms with Crippen LogP contribution in [0.25, 0.3) is 0 Å². The predicted octanol–water partition coefficient (Wildman–Crippen LogP) is 2.17. The zero-order chi connectivity index (χ0) is 31.4. The van der Waals surface area contributed by atoms with Gasteiger partial charge in [0.25, 0.3) is 0 Å². The number of nitrogens with zero attached hydrogens (tertiary/aromatic N) is 1. The van der Waals surface area contributed by atoms with Gasteiger partial charge in [-0.05, 0) is 62.3 Å². The average molecular weight is 605 g/mol. The summed E-state index contributed by atoms with van der Waals surface area (Å²) in [7, 11) is -6.11. The van der Waals surface area contributed by atoms with Crippen LogP contribution in [-0.2, 0) is 43.6 Å². The van der Waals surface area contributed by atoms with Crippen molar-refractivity contribution in [3.8, 4) is 0 Å². The summed E-state index contributed by atoms with van der Waals surface area (Å²) in [6.07, 6.45) is 4.25. The van der Waals surface area contributed by atoms with Crippen LogP contribution >= 0.6 is 0 Å². The summed E-state index contributed by atoms with van der Waals surface area (Å²) in [6, 6.07) is 0. The molecule has 0 aliphatic heterocycles. The molecule has 0 spiro atoms. The standard InChI is InChI=1S/2C8H18N2O2S.C7H16N2O2S/c1-8(2,3)10-7(11)6-13(5,12)9-4;1-8(2,3)10-7(11)5-6-13(4,9)12;1-7(2,3)9-6(10)5-12(4,8)11/h6H2,1-5H3,(H,10,11);9H,5-6H2,1-4H3,(H,10,11);8H,5H2,1-4H3,(H,9,10). The largest absolute Gasteiger partial charge is 0.351 e. The smallest absolute Gasteiger partial charge is 0.233 e. The highest BCUT2D eigenvalue weighted by molar-refractivity contribution is 7.93. The van der Waals surface area contributed by atoms with Crippen molar-refractivity contribution in [3.63, 3.8) is 0 Å². The molecule has 0 bridgehead atoms. The van der Waals surface area contributed by atoms with E-state index >= 15 is 0 Å². The third-order valence-corrected chi connectivity index (χ3v) is 6.82. The van der Waals surface area contributed by atoms with Gasteiger partial charge in [0.15, 0.2) is 0 Å². The second-order valence-electron chi connectivity index (χ2n) is 12.3. The van der Waals surface area contributed by atoms with Crippen LogP contribution in [0.4, 0.5) is 0 Å². The Hall–Kier alpha value is -1.74. The van der Waals surface area contributed by atoms with E-state index in [4.69, 9.17) is 9.56 Å². The molecule has 0 saturated heterocycles. The molecule has 0 fully saturated rings. The molecule has 0 aromatic carbocycles. The maximum absolute atomic E-state index is 11.4. The minimum Gasteiger partial charge on any atom is -0.351 e. The van der Waals surface area contributed by atoms with Gasteiger partial charge in [0.2, 0.25) is 17.7 Å². The van der Waals surface area contributed by atoms with Crippen LogP contribution in [0.1, 0.15) is 68.7 Å². The van der Waals surface area contributed by atoms with E-state index in [0.29, 0.717) is 0 Å². The molecule has 3 unspecified atom stereocenters. The fourth-order valence-corrected chi connectivity index (χ4v) is 4.07. The lowest BCUT2D eigenvalue weighted by atomic mass is 10.1. The first-order valence-corrected chi connectivity index (χ1v) is 18.2. The number of nitrogens with one attached hydrogen (secondary N) is 5. The van der Waals surface area contributed by atoms with Crippen molar-refractivity contribution >= 4 is 46.9 Å². The molecule has 0 aliphatic rings. The molecule has 3 amide bonds. The van der Waals surface area contributed by atoms with E-state index in [-0.39, 0.29) is 58.0 Å². The first-order valence-electron chi connectivity index (χ1n) is 11.8. The van der Waals surface area contributed by atoms with Gasteiger partial charge in [0.05, 0.1) is 19.5 Å². The Kier molecular flexibility index (Phi) is 16.9. The maximum atomic E-state index is 11.4. The summed E-state index contributed by atoms with van der Waals surface area (Å²) in [5.41, 5.74) is -0.851. The van der Waals surface area contributed by atoms with Crippen LogP contribution < -0.4 is 16.0 Å². The molecule has 5 N–H and O–H groups in total. The van der Waals surface area contributed by atoms with Gasteiger partial charge in [0.1, 0.15) is 11.5 Å². The highest BCUT2D eigenvalue weighted by atomic mass is 32.2. The third kappa shape index (κ3) is 36.4. The molecule has 3 atom stereocenters. The van der Waals surface area contributed by atoms with Crippen LogP contribution in [0.15, 0.2) is 4.36 Å². The molecule has 0 saturated carbocycles. The Labute approximate surface area is 231 Å². The quantitative estimate of drug-likeness (QED) is 0.295. The topological polar surface area (TPSA) is 199 Å². The number of carbonyl (C=O) groups excluding carboxylic acids is 3. The molecule has 0 heterocycles. The molecule has 0 aromatic heterocycles. The highest BCUT2D eigenvalue weighted by Gasteiger charge is 2.17. The summed E-state index contributed by atoms with van der Waals surface area (Å²) in [5, 5.41) is 8.11. The van der Waals surface area contributed by atoms with Crippen LogP contribution in [0, 0.1) is 9.56 Å². The first kappa shape index (κ1) is 40.8. The molecule has 0 radical (unpaired) electrons. The molecule has 0 aliphatic carbocycles. The van der Waals surface area contributed by atoms with E-state index in [1.807, 2.05) is 62.3 Å². The Bertz CT molecular complexity index is 1120. The third-order valence-electron chi connectivity index (χ3n) is 3.45. The predicted molar refractivity (Wildman–Crippen MR) is 159 cm³/mol. The van der Waals surface area contributed by atoms with Gasteiger partial charge in [-0.2, -0.15) is 0 Å². The molecule has 0 rings (SSSR count). The fraction of sp³-hybridized carbons (Fsp3) is 0.870. The number of hydrogen-bond acceptors (Lipinski definition) is 9. The summed E-state index contributed by atoms with van der Waals surface area (Å²) >= 11 is 0. The molecule has 15 heteroatoms. The molecular weight excluding hydrogens is 552 g/mol. The second kappa shape index (κ2) is 15.8. The lowest BCUT2D eigenvalue weighted by Gasteiger charge is -2.20. The Balaban J connectivity index is -0.000000484. The van der Waals surface area contributed by atoms with Gasteiger partial charge in [-0.15, -0.1) is 0 Å². The van der Waals surface area contributed by atoms with Gasteiger partial charge >= 0.3 is 0 Å². The van der Waals surface area contributed by atoms with Crippen LogP contribution in [0.3, 0.4) is 0 Å². The maximum Gasteiger partial charge on any atom is 0.233 e. The van der Waals surface area contributed by atoms with Gasteiger partial charge in [-0.25, -0.2) is 12.8 Å². The van der Waals surface area contributed by atoms with Crippen LogP contribution in [0.2, 0.25) is 0 Å². The molecule has 12 nitrogen and oxygen atoms in total. The molecule has 0 aromatic rings. The van der Waals surface area contributed by atoms with Crippen molar-refractivity contribution in [3.05, 3.63) is 0 Å². The second-order valence-corrected chi connectivity index (χ2v) is 19.6. The number of hydrogen-bond donors (Lipinski definition) is 5. The van der Waals surface area contributed by atoms with Crippen molar-refractivity contribution in [2.45, 2.75) is 85.4 Å². The van der Waals surface area contributed by atoms with E-state index in [0.717, 1.165) is 0 Å². The Morgan fingerprint density at radius 2 is 0.947 bits per heavy atom. The minimum absolute atomic E-state index is 0.0270. The van der Waals surface area contributed by atoms with Crippen molar-refractivity contribution in [1.29, 1.82) is 9.56 Å².